The zero-order chi connectivity index (χ0) is 23.4. The van der Waals surface area contributed by atoms with E-state index in [1.165, 1.54) is 0 Å². The summed E-state index contributed by atoms with van der Waals surface area (Å²) in [6.45, 7) is 2.48. The van der Waals surface area contributed by atoms with Crippen molar-refractivity contribution in [3.8, 4) is 0 Å². The lowest BCUT2D eigenvalue weighted by Crippen LogP contribution is -2.57. The number of piperazine rings is 1. The van der Waals surface area contributed by atoms with Crippen LogP contribution in [0.1, 0.15) is 28.6 Å². The molecule has 0 bridgehead atoms. The molecule has 1 aromatic heterocycles. The first-order valence-electron chi connectivity index (χ1n) is 11.1. The number of likely N-dealkylation sites (N-methyl/N-ethyl adjacent to an activating group) is 1. The third-order valence-electron chi connectivity index (χ3n) is 6.21. The summed E-state index contributed by atoms with van der Waals surface area (Å²) in [5, 5.41) is 23.7. The molecule has 4 N–H and O–H groups in total. The highest BCUT2D eigenvalue weighted by Crippen LogP contribution is 2.25. The van der Waals surface area contributed by atoms with E-state index in [0.717, 1.165) is 35.2 Å². The van der Waals surface area contributed by atoms with Crippen molar-refractivity contribution in [3.63, 3.8) is 0 Å². The molecule has 2 amide bonds. The number of rotatable bonds is 7. The van der Waals surface area contributed by atoms with E-state index < -0.39 is 6.10 Å². The minimum atomic E-state index is -0.604. The van der Waals surface area contributed by atoms with Crippen LogP contribution in [-0.2, 0) is 4.79 Å². The quantitative estimate of drug-likeness (QED) is 0.431. The Kier molecular flexibility index (Phi) is 6.90. The smallest absolute Gasteiger partial charge is 0.272 e. The zero-order valence-electron chi connectivity index (χ0n) is 18.9. The van der Waals surface area contributed by atoms with E-state index in [0.29, 0.717) is 25.2 Å². The number of nitrogens with zero attached hydrogens (tertiary/aromatic N) is 3. The molecule has 1 aliphatic rings. The van der Waals surface area contributed by atoms with Gasteiger partial charge >= 0.3 is 0 Å². The largest absolute Gasteiger partial charge is 0.388 e. The van der Waals surface area contributed by atoms with Gasteiger partial charge < -0.3 is 20.6 Å². The molecule has 3 aromatic rings. The maximum Gasteiger partial charge on any atom is 0.272 e. The van der Waals surface area contributed by atoms with Crippen LogP contribution in [0.4, 0.5) is 5.69 Å². The first kappa shape index (κ1) is 22.8. The molecular weight excluding hydrogens is 420 g/mol. The van der Waals surface area contributed by atoms with Crippen molar-refractivity contribution in [3.05, 3.63) is 59.8 Å². The number of hydrogen-bond donors (Lipinski definition) is 4. The lowest BCUT2D eigenvalue weighted by molar-refractivity contribution is -0.126. The van der Waals surface area contributed by atoms with Gasteiger partial charge in [-0.25, -0.2) is 0 Å². The molecule has 174 valence electrons. The normalized spacial score (nSPS) is 17.7. The van der Waals surface area contributed by atoms with Crippen LogP contribution in [0.15, 0.2) is 48.5 Å². The van der Waals surface area contributed by atoms with Crippen LogP contribution < -0.4 is 15.5 Å². The SMILES string of the molecule is CNC(=O)c1n[nH]c2cc(N3CCN(C)C(C(=O)NCCC(O)c4ccccc4)C3)ccc12. The molecule has 2 unspecified atom stereocenters. The summed E-state index contributed by atoms with van der Waals surface area (Å²) in [4.78, 5) is 29.1. The number of aliphatic hydroxyl groups is 1. The van der Waals surface area contributed by atoms with E-state index in [9.17, 15) is 14.7 Å². The van der Waals surface area contributed by atoms with E-state index in [2.05, 4.69) is 30.6 Å². The lowest BCUT2D eigenvalue weighted by Gasteiger charge is -2.39. The number of H-pyrrole nitrogens is 1. The molecule has 33 heavy (non-hydrogen) atoms. The fourth-order valence-corrected chi connectivity index (χ4v) is 4.18. The van der Waals surface area contributed by atoms with E-state index in [-0.39, 0.29) is 17.9 Å². The van der Waals surface area contributed by atoms with Crippen molar-refractivity contribution in [1.82, 2.24) is 25.7 Å². The summed E-state index contributed by atoms with van der Waals surface area (Å²) in [6.07, 6.45) is -0.145. The van der Waals surface area contributed by atoms with Crippen LogP contribution in [0.2, 0.25) is 0 Å². The second-order valence-electron chi connectivity index (χ2n) is 8.33. The van der Waals surface area contributed by atoms with Gasteiger partial charge in [-0.3, -0.25) is 19.6 Å². The van der Waals surface area contributed by atoms with Gasteiger partial charge in [0.05, 0.1) is 11.6 Å². The molecule has 4 rings (SSSR count). The Morgan fingerprint density at radius 1 is 1.21 bits per heavy atom. The van der Waals surface area contributed by atoms with Gasteiger partial charge in [-0.05, 0) is 37.2 Å². The van der Waals surface area contributed by atoms with E-state index in [4.69, 9.17) is 0 Å². The fourth-order valence-electron chi connectivity index (χ4n) is 4.18. The Balaban J connectivity index is 1.38. The van der Waals surface area contributed by atoms with Gasteiger partial charge in [0, 0.05) is 44.3 Å². The van der Waals surface area contributed by atoms with Crippen LogP contribution in [-0.4, -0.2) is 78.3 Å². The van der Waals surface area contributed by atoms with Gasteiger partial charge in [-0.1, -0.05) is 30.3 Å². The van der Waals surface area contributed by atoms with Crippen molar-refractivity contribution in [2.75, 3.05) is 45.2 Å². The number of aromatic nitrogens is 2. The highest BCUT2D eigenvalue weighted by Gasteiger charge is 2.30. The number of benzene rings is 2. The Labute approximate surface area is 192 Å². The van der Waals surface area contributed by atoms with Gasteiger partial charge in [0.15, 0.2) is 5.69 Å². The van der Waals surface area contributed by atoms with Crippen LogP contribution in [0.5, 0.6) is 0 Å². The number of aromatic amines is 1. The number of aliphatic hydroxyl groups excluding tert-OH is 1. The predicted octanol–water partition coefficient (Wildman–Crippen LogP) is 1.28. The minimum Gasteiger partial charge on any atom is -0.388 e. The molecule has 2 atom stereocenters. The maximum absolute atomic E-state index is 12.9. The molecule has 2 aromatic carbocycles. The number of carbonyl (C=O) groups excluding carboxylic acids is 2. The molecule has 9 heteroatoms. The molecule has 1 fully saturated rings. The second kappa shape index (κ2) is 10.0. The molecule has 1 aliphatic heterocycles. The molecule has 0 aliphatic carbocycles. The molecular formula is C24H30N6O3. The standard InChI is InChI=1S/C24H30N6O3/c1-25-24(33)22-18-9-8-17(14-19(18)27-28-22)30-13-12-29(2)20(15-30)23(32)26-11-10-21(31)16-6-4-3-5-7-16/h3-9,14,20-21,31H,10-13,15H2,1-2H3,(H,25,33)(H,26,32)(H,27,28). The predicted molar refractivity (Wildman–Crippen MR) is 127 cm³/mol. The summed E-state index contributed by atoms with van der Waals surface area (Å²) in [6, 6.07) is 15.0. The summed E-state index contributed by atoms with van der Waals surface area (Å²) in [5.74, 6) is -0.283. The Morgan fingerprint density at radius 3 is 2.76 bits per heavy atom. The van der Waals surface area contributed by atoms with Gasteiger partial charge in [0.1, 0.15) is 6.04 Å². The summed E-state index contributed by atoms with van der Waals surface area (Å²) < 4.78 is 0. The van der Waals surface area contributed by atoms with E-state index in [1.54, 1.807) is 7.05 Å². The average molecular weight is 451 g/mol. The van der Waals surface area contributed by atoms with Crippen molar-refractivity contribution in [2.24, 2.45) is 0 Å². The lowest BCUT2D eigenvalue weighted by atomic mass is 10.1. The van der Waals surface area contributed by atoms with Gasteiger partial charge in [0.25, 0.3) is 5.91 Å². The Morgan fingerprint density at radius 2 is 2.00 bits per heavy atom. The molecule has 0 spiro atoms. The Bertz CT molecular complexity index is 1120. The molecule has 1 saturated heterocycles. The highest BCUT2D eigenvalue weighted by atomic mass is 16.3. The molecule has 0 radical (unpaired) electrons. The second-order valence-corrected chi connectivity index (χ2v) is 8.33. The number of hydrogen-bond acceptors (Lipinski definition) is 6. The van der Waals surface area contributed by atoms with Gasteiger partial charge in [-0.2, -0.15) is 5.10 Å². The van der Waals surface area contributed by atoms with E-state index in [1.807, 2.05) is 55.6 Å². The van der Waals surface area contributed by atoms with Gasteiger partial charge in [-0.15, -0.1) is 0 Å². The van der Waals surface area contributed by atoms with Crippen LogP contribution >= 0.6 is 0 Å². The number of carbonyl (C=O) groups is 2. The minimum absolute atomic E-state index is 0.0491. The van der Waals surface area contributed by atoms with Crippen molar-refractivity contribution in [1.29, 1.82) is 0 Å². The van der Waals surface area contributed by atoms with Crippen LogP contribution in [0.3, 0.4) is 0 Å². The molecule has 0 saturated carbocycles. The topological polar surface area (TPSA) is 114 Å². The summed E-state index contributed by atoms with van der Waals surface area (Å²) in [7, 11) is 3.53. The van der Waals surface area contributed by atoms with Crippen LogP contribution in [0, 0.1) is 0 Å². The first-order chi connectivity index (χ1) is 16.0. The monoisotopic (exact) mass is 450 g/mol. The van der Waals surface area contributed by atoms with Gasteiger partial charge in [0.2, 0.25) is 5.91 Å². The molecule has 2 heterocycles. The highest BCUT2D eigenvalue weighted by molar-refractivity contribution is 6.05. The number of anilines is 1. The summed E-state index contributed by atoms with van der Waals surface area (Å²) in [5.41, 5.74) is 2.97. The van der Waals surface area contributed by atoms with Crippen molar-refractivity contribution in [2.45, 2.75) is 18.6 Å². The Hall–Kier alpha value is -3.43. The third kappa shape index (κ3) is 4.99. The number of amides is 2. The average Bonchev–Trinajstić information content (AvgIpc) is 3.27. The van der Waals surface area contributed by atoms with Crippen molar-refractivity contribution < 1.29 is 14.7 Å². The van der Waals surface area contributed by atoms with Crippen molar-refractivity contribution >= 4 is 28.4 Å². The summed E-state index contributed by atoms with van der Waals surface area (Å²) >= 11 is 0. The number of nitrogens with one attached hydrogen (secondary N) is 3. The third-order valence-corrected chi connectivity index (χ3v) is 6.21. The number of fused-ring (bicyclic) bond motifs is 1. The zero-order valence-corrected chi connectivity index (χ0v) is 18.9. The maximum atomic E-state index is 12.9. The first-order valence-corrected chi connectivity index (χ1v) is 11.1. The molecule has 9 nitrogen and oxygen atoms in total. The van der Waals surface area contributed by atoms with E-state index >= 15 is 0 Å². The fraction of sp³-hybridized carbons (Fsp3) is 0.375. The van der Waals surface area contributed by atoms with Crippen LogP contribution in [0.25, 0.3) is 10.9 Å².